The second-order valence-electron chi connectivity index (χ2n) is 2.04. The van der Waals surface area contributed by atoms with Gasteiger partial charge in [0.25, 0.3) is 0 Å². The van der Waals surface area contributed by atoms with E-state index in [1.165, 1.54) is 0 Å². The summed E-state index contributed by atoms with van der Waals surface area (Å²) in [5.74, 6) is -0.0168. The predicted octanol–water partition coefficient (Wildman–Crippen LogP) is 1.20. The van der Waals surface area contributed by atoms with Crippen molar-refractivity contribution in [2.45, 2.75) is 0 Å². The Bertz CT molecular complexity index is 398. The van der Waals surface area contributed by atoms with Crippen molar-refractivity contribution in [2.24, 2.45) is 0 Å². The molecule has 2 heterocycles. The Hall–Kier alpha value is -1.10. The van der Waals surface area contributed by atoms with Crippen LogP contribution in [-0.2, 0) is 0 Å². The zero-order valence-electron chi connectivity index (χ0n) is 5.40. The van der Waals surface area contributed by atoms with Crippen LogP contribution < -0.4 is 0 Å². The van der Waals surface area contributed by atoms with Crippen LogP contribution in [0, 0.1) is 0 Å². The van der Waals surface area contributed by atoms with Gasteiger partial charge in [0.05, 0.1) is 0 Å². The molecule has 2 aromatic heterocycles. The van der Waals surface area contributed by atoms with E-state index in [4.69, 9.17) is 0 Å². The molecule has 11 heavy (non-hydrogen) atoms. The van der Waals surface area contributed by atoms with E-state index in [2.05, 4.69) is 26.0 Å². The molecule has 0 aromatic carbocycles. The van der Waals surface area contributed by atoms with Crippen LogP contribution in [0.25, 0.3) is 5.52 Å². The third-order valence-corrected chi connectivity index (χ3v) is 1.68. The minimum atomic E-state index is -0.0168. The highest BCUT2D eigenvalue weighted by Gasteiger charge is 2.02. The average Bonchev–Trinajstić information content (AvgIpc) is 2.34. The minimum Gasteiger partial charge on any atom is -0.492 e. The molecule has 5 heteroatoms. The molecule has 0 spiro atoms. The molecule has 0 unspecified atom stereocenters. The summed E-state index contributed by atoms with van der Waals surface area (Å²) in [4.78, 5) is 3.71. The van der Waals surface area contributed by atoms with Crippen molar-refractivity contribution in [3.63, 3.8) is 0 Å². The van der Waals surface area contributed by atoms with Crippen molar-refractivity contribution < 1.29 is 5.11 Å². The van der Waals surface area contributed by atoms with Gasteiger partial charge in [-0.2, -0.15) is 4.98 Å². The molecule has 0 atom stereocenters. The SMILES string of the molecule is Oc1nc(Br)nn2cccc12. The van der Waals surface area contributed by atoms with Gasteiger partial charge in [0.1, 0.15) is 5.52 Å². The molecular formula is C6H4BrN3O. The summed E-state index contributed by atoms with van der Waals surface area (Å²) in [6, 6.07) is 3.53. The second kappa shape index (κ2) is 2.20. The average molecular weight is 214 g/mol. The van der Waals surface area contributed by atoms with Gasteiger partial charge in [0, 0.05) is 6.20 Å². The van der Waals surface area contributed by atoms with E-state index in [0.29, 0.717) is 10.3 Å². The van der Waals surface area contributed by atoms with Crippen molar-refractivity contribution in [2.75, 3.05) is 0 Å². The van der Waals surface area contributed by atoms with Gasteiger partial charge in [-0.25, -0.2) is 4.52 Å². The fourth-order valence-electron chi connectivity index (χ4n) is 0.892. The number of hydrogen-bond acceptors (Lipinski definition) is 3. The van der Waals surface area contributed by atoms with Crippen molar-refractivity contribution in [3.05, 3.63) is 23.1 Å². The molecule has 0 saturated heterocycles. The van der Waals surface area contributed by atoms with Gasteiger partial charge in [-0.15, -0.1) is 5.10 Å². The highest BCUT2D eigenvalue weighted by molar-refractivity contribution is 9.10. The van der Waals surface area contributed by atoms with Crippen LogP contribution in [0.15, 0.2) is 23.1 Å². The lowest BCUT2D eigenvalue weighted by Crippen LogP contribution is -1.92. The lowest BCUT2D eigenvalue weighted by molar-refractivity contribution is 0.452. The normalized spacial score (nSPS) is 10.6. The number of fused-ring (bicyclic) bond motifs is 1. The summed E-state index contributed by atoms with van der Waals surface area (Å²) in [5, 5.41) is 13.2. The lowest BCUT2D eigenvalue weighted by Gasteiger charge is -1.95. The van der Waals surface area contributed by atoms with Crippen molar-refractivity contribution >= 4 is 21.4 Å². The topological polar surface area (TPSA) is 50.4 Å². The molecule has 0 aliphatic heterocycles. The quantitative estimate of drug-likeness (QED) is 0.716. The maximum absolute atomic E-state index is 9.24. The molecule has 0 saturated carbocycles. The molecule has 0 aliphatic rings. The highest BCUT2D eigenvalue weighted by Crippen LogP contribution is 2.16. The Morgan fingerprint density at radius 3 is 3.18 bits per heavy atom. The van der Waals surface area contributed by atoms with Crippen LogP contribution in [-0.4, -0.2) is 19.7 Å². The van der Waals surface area contributed by atoms with Crippen LogP contribution in [0.3, 0.4) is 0 Å². The molecule has 56 valence electrons. The van der Waals surface area contributed by atoms with E-state index in [-0.39, 0.29) is 5.88 Å². The monoisotopic (exact) mass is 213 g/mol. The van der Waals surface area contributed by atoms with E-state index in [1.54, 1.807) is 22.8 Å². The van der Waals surface area contributed by atoms with E-state index >= 15 is 0 Å². The Kier molecular flexibility index (Phi) is 1.32. The Morgan fingerprint density at radius 1 is 1.55 bits per heavy atom. The molecular weight excluding hydrogens is 210 g/mol. The van der Waals surface area contributed by atoms with Crippen LogP contribution in [0.4, 0.5) is 0 Å². The van der Waals surface area contributed by atoms with Crippen LogP contribution in [0.5, 0.6) is 5.88 Å². The number of aromatic nitrogens is 3. The summed E-state index contributed by atoms with van der Waals surface area (Å²) < 4.78 is 1.92. The molecule has 2 aromatic rings. The summed E-state index contributed by atoms with van der Waals surface area (Å²) in [6.45, 7) is 0. The molecule has 0 radical (unpaired) electrons. The van der Waals surface area contributed by atoms with Gasteiger partial charge < -0.3 is 5.11 Å². The summed E-state index contributed by atoms with van der Waals surface area (Å²) in [5.41, 5.74) is 0.605. The Morgan fingerprint density at radius 2 is 2.36 bits per heavy atom. The minimum absolute atomic E-state index is 0.0168. The van der Waals surface area contributed by atoms with Crippen LogP contribution in [0.2, 0.25) is 0 Å². The van der Waals surface area contributed by atoms with Crippen LogP contribution >= 0.6 is 15.9 Å². The van der Waals surface area contributed by atoms with Gasteiger partial charge in [-0.3, -0.25) is 0 Å². The first-order valence-corrected chi connectivity index (χ1v) is 3.76. The van der Waals surface area contributed by atoms with Gasteiger partial charge in [0.15, 0.2) is 0 Å². The third-order valence-electron chi connectivity index (χ3n) is 1.35. The number of hydrogen-bond donors (Lipinski definition) is 1. The largest absolute Gasteiger partial charge is 0.492 e. The molecule has 0 fully saturated rings. The molecule has 0 aliphatic carbocycles. The van der Waals surface area contributed by atoms with E-state index in [0.717, 1.165) is 0 Å². The number of halogens is 1. The number of nitrogens with zero attached hydrogens (tertiary/aromatic N) is 3. The summed E-state index contributed by atoms with van der Waals surface area (Å²) in [6.07, 6.45) is 1.74. The maximum atomic E-state index is 9.24. The van der Waals surface area contributed by atoms with Gasteiger partial charge in [0.2, 0.25) is 10.6 Å². The molecule has 1 N–H and O–H groups in total. The van der Waals surface area contributed by atoms with E-state index in [1.807, 2.05) is 0 Å². The smallest absolute Gasteiger partial charge is 0.240 e. The Labute approximate surface area is 70.6 Å². The first-order chi connectivity index (χ1) is 5.27. The van der Waals surface area contributed by atoms with Crippen molar-refractivity contribution in [3.8, 4) is 5.88 Å². The lowest BCUT2D eigenvalue weighted by atomic mass is 10.5. The third kappa shape index (κ3) is 0.970. The fraction of sp³-hybridized carbons (Fsp3) is 0. The van der Waals surface area contributed by atoms with Gasteiger partial charge in [-0.1, -0.05) is 0 Å². The first kappa shape index (κ1) is 6.60. The van der Waals surface area contributed by atoms with Gasteiger partial charge in [-0.05, 0) is 28.1 Å². The fourth-order valence-corrected chi connectivity index (χ4v) is 1.23. The predicted molar refractivity (Wildman–Crippen MR) is 42.4 cm³/mol. The van der Waals surface area contributed by atoms with Crippen LogP contribution in [0.1, 0.15) is 0 Å². The zero-order valence-corrected chi connectivity index (χ0v) is 6.98. The van der Waals surface area contributed by atoms with E-state index in [9.17, 15) is 5.11 Å². The second-order valence-corrected chi connectivity index (χ2v) is 2.75. The molecule has 4 nitrogen and oxygen atoms in total. The maximum Gasteiger partial charge on any atom is 0.240 e. The standard InChI is InChI=1S/C6H4BrN3O/c7-6-8-5(11)4-2-1-3-10(4)9-6/h1-3H,(H,8,9,11). The number of aromatic hydroxyl groups is 1. The van der Waals surface area contributed by atoms with Crippen molar-refractivity contribution in [1.82, 2.24) is 14.6 Å². The highest BCUT2D eigenvalue weighted by atomic mass is 79.9. The summed E-state index contributed by atoms with van der Waals surface area (Å²) >= 11 is 3.06. The number of rotatable bonds is 0. The molecule has 2 rings (SSSR count). The molecule has 0 bridgehead atoms. The molecule has 0 amide bonds. The first-order valence-electron chi connectivity index (χ1n) is 2.97. The Balaban J connectivity index is 2.91. The zero-order chi connectivity index (χ0) is 7.84. The van der Waals surface area contributed by atoms with Crippen molar-refractivity contribution in [1.29, 1.82) is 0 Å². The van der Waals surface area contributed by atoms with E-state index < -0.39 is 0 Å². The summed E-state index contributed by atoms with van der Waals surface area (Å²) in [7, 11) is 0. The van der Waals surface area contributed by atoms with Gasteiger partial charge >= 0.3 is 0 Å².